The van der Waals surface area contributed by atoms with Gasteiger partial charge in [-0.2, -0.15) is 0 Å². The largest absolute Gasteiger partial charge is 0.396 e. The molecule has 0 aliphatic heterocycles. The molecule has 0 saturated carbocycles. The van der Waals surface area contributed by atoms with Gasteiger partial charge in [-0.3, -0.25) is 0 Å². The number of aliphatic hydroxyl groups excluding tert-OH is 1. The first-order valence-electron chi connectivity index (χ1n) is 5.77. The maximum Gasteiger partial charge on any atom is 0.0462 e. The second-order valence-corrected chi connectivity index (χ2v) is 4.77. The number of benzene rings is 1. The second-order valence-electron chi connectivity index (χ2n) is 4.77. The Bertz CT molecular complexity index is 287. The fraction of sp³-hybridized carbons (Fsp3) is 0.571. The third kappa shape index (κ3) is 3.07. The van der Waals surface area contributed by atoms with Crippen molar-refractivity contribution >= 4 is 0 Å². The summed E-state index contributed by atoms with van der Waals surface area (Å²) in [7, 11) is 0. The first-order chi connectivity index (χ1) is 7.06. The van der Waals surface area contributed by atoms with E-state index >= 15 is 0 Å². The van der Waals surface area contributed by atoms with E-state index in [0.29, 0.717) is 17.8 Å². The first-order valence-corrected chi connectivity index (χ1v) is 5.77. The van der Waals surface area contributed by atoms with E-state index in [1.165, 1.54) is 11.1 Å². The number of rotatable bonds is 4. The normalized spacial score (nSPS) is 15.3. The Hall–Kier alpha value is -0.820. The summed E-state index contributed by atoms with van der Waals surface area (Å²) in [5.74, 6) is 1.34. The highest BCUT2D eigenvalue weighted by atomic mass is 16.3. The first kappa shape index (κ1) is 12.3. The lowest BCUT2D eigenvalue weighted by Crippen LogP contribution is -2.10. The van der Waals surface area contributed by atoms with Gasteiger partial charge in [-0.1, -0.05) is 52.0 Å². The van der Waals surface area contributed by atoms with Gasteiger partial charge < -0.3 is 5.11 Å². The van der Waals surface area contributed by atoms with Crippen LogP contribution >= 0.6 is 0 Å². The second kappa shape index (κ2) is 5.32. The third-order valence-electron chi connectivity index (χ3n) is 3.27. The molecule has 2 unspecified atom stereocenters. The molecule has 0 radical (unpaired) electrons. The van der Waals surface area contributed by atoms with Gasteiger partial charge in [-0.15, -0.1) is 0 Å². The fourth-order valence-electron chi connectivity index (χ4n) is 1.67. The van der Waals surface area contributed by atoms with Gasteiger partial charge in [0.05, 0.1) is 0 Å². The number of hydrogen-bond donors (Lipinski definition) is 1. The van der Waals surface area contributed by atoms with Crippen LogP contribution in [-0.2, 0) is 0 Å². The van der Waals surface area contributed by atoms with Crippen molar-refractivity contribution in [3.8, 4) is 0 Å². The van der Waals surface area contributed by atoms with Crippen LogP contribution in [0, 0.1) is 5.92 Å². The third-order valence-corrected chi connectivity index (χ3v) is 3.27. The monoisotopic (exact) mass is 206 g/mol. The van der Waals surface area contributed by atoms with E-state index < -0.39 is 0 Å². The van der Waals surface area contributed by atoms with Crippen molar-refractivity contribution in [3.05, 3.63) is 35.4 Å². The molecule has 0 spiro atoms. The maximum absolute atomic E-state index is 9.11. The average molecular weight is 206 g/mol. The van der Waals surface area contributed by atoms with E-state index in [9.17, 15) is 0 Å². The van der Waals surface area contributed by atoms with Crippen LogP contribution in [0.25, 0.3) is 0 Å². The van der Waals surface area contributed by atoms with Crippen molar-refractivity contribution in [3.63, 3.8) is 0 Å². The van der Waals surface area contributed by atoms with Gasteiger partial charge in [0.1, 0.15) is 0 Å². The van der Waals surface area contributed by atoms with E-state index in [4.69, 9.17) is 5.11 Å². The molecule has 1 heteroatoms. The van der Waals surface area contributed by atoms with Gasteiger partial charge >= 0.3 is 0 Å². The molecule has 1 aromatic carbocycles. The Balaban J connectivity index is 2.79. The minimum Gasteiger partial charge on any atom is -0.396 e. The van der Waals surface area contributed by atoms with Gasteiger partial charge in [-0.05, 0) is 28.9 Å². The molecule has 1 rings (SSSR count). The summed E-state index contributed by atoms with van der Waals surface area (Å²) in [6.45, 7) is 8.92. The lowest BCUT2D eigenvalue weighted by atomic mass is 9.88. The summed E-state index contributed by atoms with van der Waals surface area (Å²) in [5.41, 5.74) is 2.70. The molecular weight excluding hydrogens is 184 g/mol. The van der Waals surface area contributed by atoms with Crippen LogP contribution in [-0.4, -0.2) is 11.7 Å². The smallest absolute Gasteiger partial charge is 0.0462 e. The highest BCUT2D eigenvalue weighted by molar-refractivity contribution is 5.27. The SMILES string of the molecule is CC(C)c1ccc(C(C)C(C)CO)cc1. The van der Waals surface area contributed by atoms with E-state index in [1.54, 1.807) is 0 Å². The summed E-state index contributed by atoms with van der Waals surface area (Å²) in [6, 6.07) is 8.76. The average Bonchev–Trinajstić information content (AvgIpc) is 2.27. The predicted octanol–water partition coefficient (Wildman–Crippen LogP) is 3.54. The zero-order chi connectivity index (χ0) is 11.4. The van der Waals surface area contributed by atoms with Crippen LogP contribution in [0.3, 0.4) is 0 Å². The summed E-state index contributed by atoms with van der Waals surface area (Å²) >= 11 is 0. The quantitative estimate of drug-likeness (QED) is 0.799. The molecule has 84 valence electrons. The van der Waals surface area contributed by atoms with Crippen molar-refractivity contribution in [2.45, 2.75) is 39.5 Å². The summed E-state index contributed by atoms with van der Waals surface area (Å²) in [5, 5.41) is 9.11. The van der Waals surface area contributed by atoms with Crippen LogP contribution in [0.1, 0.15) is 50.7 Å². The van der Waals surface area contributed by atoms with Crippen LogP contribution in [0.15, 0.2) is 24.3 Å². The molecular formula is C14H22O. The molecule has 0 heterocycles. The minimum atomic E-state index is 0.257. The molecule has 0 saturated heterocycles. The lowest BCUT2D eigenvalue weighted by molar-refractivity contribution is 0.220. The van der Waals surface area contributed by atoms with Gasteiger partial charge in [0.25, 0.3) is 0 Å². The Morgan fingerprint density at radius 1 is 0.933 bits per heavy atom. The van der Waals surface area contributed by atoms with Crippen LogP contribution in [0.4, 0.5) is 0 Å². The molecule has 0 bridgehead atoms. The highest BCUT2D eigenvalue weighted by Crippen LogP contribution is 2.25. The van der Waals surface area contributed by atoms with E-state index in [-0.39, 0.29) is 6.61 Å². The van der Waals surface area contributed by atoms with E-state index in [2.05, 4.69) is 52.0 Å². The zero-order valence-electron chi connectivity index (χ0n) is 10.2. The molecule has 0 fully saturated rings. The van der Waals surface area contributed by atoms with Crippen molar-refractivity contribution in [1.82, 2.24) is 0 Å². The molecule has 2 atom stereocenters. The highest BCUT2D eigenvalue weighted by Gasteiger charge is 2.13. The van der Waals surface area contributed by atoms with Crippen molar-refractivity contribution < 1.29 is 5.11 Å². The lowest BCUT2D eigenvalue weighted by Gasteiger charge is -2.18. The molecule has 1 nitrogen and oxygen atoms in total. The topological polar surface area (TPSA) is 20.2 Å². The van der Waals surface area contributed by atoms with Crippen LogP contribution in [0.2, 0.25) is 0 Å². The fourth-order valence-corrected chi connectivity index (χ4v) is 1.67. The maximum atomic E-state index is 9.11. The van der Waals surface area contributed by atoms with Gasteiger partial charge in [-0.25, -0.2) is 0 Å². The van der Waals surface area contributed by atoms with Gasteiger partial charge in [0, 0.05) is 6.61 Å². The van der Waals surface area contributed by atoms with Gasteiger partial charge in [0.2, 0.25) is 0 Å². The van der Waals surface area contributed by atoms with Gasteiger partial charge in [0.15, 0.2) is 0 Å². The number of aliphatic hydroxyl groups is 1. The Labute approximate surface area is 93.1 Å². The molecule has 0 amide bonds. The summed E-state index contributed by atoms with van der Waals surface area (Å²) in [6.07, 6.45) is 0. The predicted molar refractivity (Wildman–Crippen MR) is 65.2 cm³/mol. The molecule has 1 aromatic rings. The van der Waals surface area contributed by atoms with Crippen molar-refractivity contribution in [2.24, 2.45) is 5.92 Å². The van der Waals surface area contributed by atoms with E-state index in [1.807, 2.05) is 0 Å². The molecule has 1 N–H and O–H groups in total. The minimum absolute atomic E-state index is 0.257. The molecule has 0 aliphatic rings. The summed E-state index contributed by atoms with van der Waals surface area (Å²) in [4.78, 5) is 0. The van der Waals surface area contributed by atoms with E-state index in [0.717, 1.165) is 0 Å². The zero-order valence-corrected chi connectivity index (χ0v) is 10.2. The summed E-state index contributed by atoms with van der Waals surface area (Å²) < 4.78 is 0. The Kier molecular flexibility index (Phi) is 4.34. The molecule has 0 aliphatic carbocycles. The standard InChI is InChI=1S/C14H22O/c1-10(2)13-5-7-14(8-6-13)12(4)11(3)9-15/h5-8,10-12,15H,9H2,1-4H3. The van der Waals surface area contributed by atoms with Crippen molar-refractivity contribution in [1.29, 1.82) is 0 Å². The van der Waals surface area contributed by atoms with Crippen LogP contribution < -0.4 is 0 Å². The van der Waals surface area contributed by atoms with Crippen molar-refractivity contribution in [2.75, 3.05) is 6.61 Å². The van der Waals surface area contributed by atoms with Crippen LogP contribution in [0.5, 0.6) is 0 Å². The number of hydrogen-bond acceptors (Lipinski definition) is 1. The molecule has 15 heavy (non-hydrogen) atoms. The Morgan fingerprint density at radius 2 is 1.40 bits per heavy atom. The Morgan fingerprint density at radius 3 is 1.80 bits per heavy atom. The molecule has 0 aromatic heterocycles.